The number of benzene rings is 1. The highest BCUT2D eigenvalue weighted by atomic mass is 16.5. The molecule has 0 spiro atoms. The van der Waals surface area contributed by atoms with Gasteiger partial charge in [0, 0.05) is 32.6 Å². The van der Waals surface area contributed by atoms with Crippen LogP contribution in [0.15, 0.2) is 24.3 Å². The number of likely N-dealkylation sites (tertiary alicyclic amines) is 1. The summed E-state index contributed by atoms with van der Waals surface area (Å²) in [6, 6.07) is 7.56. The molecule has 4 rings (SSSR count). The van der Waals surface area contributed by atoms with Gasteiger partial charge in [-0.2, -0.15) is 0 Å². The fraction of sp³-hybridized carbons (Fsp3) is 0.600. The minimum absolute atomic E-state index is 0.342. The first kappa shape index (κ1) is 18.4. The number of aromatic nitrogens is 3. The van der Waals surface area contributed by atoms with Crippen LogP contribution in [0.5, 0.6) is 5.75 Å². The molecule has 2 saturated heterocycles. The maximum Gasteiger partial charge on any atom is 0.146 e. The van der Waals surface area contributed by atoms with E-state index in [1.165, 1.54) is 5.56 Å². The van der Waals surface area contributed by atoms with Crippen LogP contribution >= 0.6 is 0 Å². The Morgan fingerprint density at radius 2 is 1.78 bits per heavy atom. The van der Waals surface area contributed by atoms with Crippen molar-refractivity contribution < 1.29 is 9.84 Å². The molecule has 0 saturated carbocycles. The largest absolute Gasteiger partial charge is 0.508 e. The van der Waals surface area contributed by atoms with Gasteiger partial charge in [-0.05, 0) is 43.6 Å². The monoisotopic (exact) mass is 371 g/mol. The van der Waals surface area contributed by atoms with Gasteiger partial charge in [0.1, 0.15) is 17.4 Å². The Morgan fingerprint density at radius 3 is 2.52 bits per heavy atom. The first-order chi connectivity index (χ1) is 13.2. The first-order valence-electron chi connectivity index (χ1n) is 9.87. The van der Waals surface area contributed by atoms with Gasteiger partial charge in [-0.25, -0.2) is 0 Å². The van der Waals surface area contributed by atoms with Crippen molar-refractivity contribution in [3.05, 3.63) is 41.5 Å². The summed E-state index contributed by atoms with van der Waals surface area (Å²) in [7, 11) is 2.10. The Kier molecular flexibility index (Phi) is 5.71. The van der Waals surface area contributed by atoms with E-state index >= 15 is 0 Å². The lowest BCUT2D eigenvalue weighted by Gasteiger charge is -2.31. The zero-order valence-electron chi connectivity index (χ0n) is 16.0. The van der Waals surface area contributed by atoms with Crippen molar-refractivity contribution >= 4 is 0 Å². The quantitative estimate of drug-likeness (QED) is 0.864. The van der Waals surface area contributed by atoms with Crippen molar-refractivity contribution in [2.75, 3.05) is 39.4 Å². The van der Waals surface area contributed by atoms with E-state index < -0.39 is 0 Å². The number of aromatic hydroxyl groups is 1. The molecular formula is C20H29N5O2. The van der Waals surface area contributed by atoms with E-state index in [9.17, 15) is 5.11 Å². The van der Waals surface area contributed by atoms with Crippen LogP contribution < -0.4 is 0 Å². The zero-order valence-corrected chi connectivity index (χ0v) is 16.0. The summed E-state index contributed by atoms with van der Waals surface area (Å²) in [5.74, 6) is 2.99. The van der Waals surface area contributed by atoms with E-state index in [0.717, 1.165) is 77.0 Å². The maximum atomic E-state index is 9.64. The van der Waals surface area contributed by atoms with Crippen molar-refractivity contribution in [3.63, 3.8) is 0 Å². The van der Waals surface area contributed by atoms with Gasteiger partial charge in [0.2, 0.25) is 0 Å². The standard InChI is InChI=1S/C20H29N5O2/c1-23-19(15-25-9-11-27-12-10-25)21-22-20(23)17-5-7-24(8-6-17)14-16-3-2-4-18(26)13-16/h2-4,13,17,26H,5-12,14-15H2,1H3. The van der Waals surface area contributed by atoms with Crippen molar-refractivity contribution in [2.45, 2.75) is 31.8 Å². The lowest BCUT2D eigenvalue weighted by molar-refractivity contribution is 0.0326. The first-order valence-corrected chi connectivity index (χ1v) is 9.87. The van der Waals surface area contributed by atoms with Gasteiger partial charge in [0.15, 0.2) is 0 Å². The average Bonchev–Trinajstić information content (AvgIpc) is 3.04. The molecule has 0 atom stereocenters. The van der Waals surface area contributed by atoms with Gasteiger partial charge in [-0.1, -0.05) is 12.1 Å². The number of hydrogen-bond acceptors (Lipinski definition) is 6. The third kappa shape index (κ3) is 4.48. The highest BCUT2D eigenvalue weighted by Gasteiger charge is 2.26. The van der Waals surface area contributed by atoms with Gasteiger partial charge in [-0.15, -0.1) is 10.2 Å². The summed E-state index contributed by atoms with van der Waals surface area (Å²) >= 11 is 0. The molecule has 2 aliphatic heterocycles. The Bertz CT molecular complexity index is 749. The van der Waals surface area contributed by atoms with Crippen LogP contribution in [0, 0.1) is 0 Å². The number of piperidine rings is 1. The van der Waals surface area contributed by atoms with Crippen molar-refractivity contribution in [3.8, 4) is 5.75 Å². The minimum atomic E-state index is 0.342. The van der Waals surface area contributed by atoms with Crippen LogP contribution in [0.1, 0.15) is 36.0 Å². The summed E-state index contributed by atoms with van der Waals surface area (Å²) in [6.07, 6.45) is 2.20. The normalized spacial score (nSPS) is 20.2. The molecule has 1 N–H and O–H groups in total. The Hall–Kier alpha value is -1.96. The van der Waals surface area contributed by atoms with Gasteiger partial charge >= 0.3 is 0 Å². The van der Waals surface area contributed by atoms with Gasteiger partial charge in [0.25, 0.3) is 0 Å². The van der Waals surface area contributed by atoms with Crippen LogP contribution in [0.25, 0.3) is 0 Å². The average molecular weight is 371 g/mol. The molecule has 0 unspecified atom stereocenters. The van der Waals surface area contributed by atoms with E-state index in [0.29, 0.717) is 11.7 Å². The number of phenols is 1. The van der Waals surface area contributed by atoms with Crippen LogP contribution in [-0.2, 0) is 24.9 Å². The lowest BCUT2D eigenvalue weighted by atomic mass is 9.95. The SMILES string of the molecule is Cn1c(CN2CCOCC2)nnc1C1CCN(Cc2cccc(O)c2)CC1. The minimum Gasteiger partial charge on any atom is -0.508 e. The second-order valence-corrected chi connectivity index (χ2v) is 7.64. The van der Waals surface area contributed by atoms with Gasteiger partial charge in [0.05, 0.1) is 19.8 Å². The molecule has 0 bridgehead atoms. The smallest absolute Gasteiger partial charge is 0.146 e. The van der Waals surface area contributed by atoms with E-state index in [1.54, 1.807) is 6.07 Å². The van der Waals surface area contributed by atoms with Crippen LogP contribution in [0.3, 0.4) is 0 Å². The second kappa shape index (κ2) is 8.37. The predicted octanol–water partition coefficient (Wildman–Crippen LogP) is 1.73. The Balaban J connectivity index is 1.33. The Morgan fingerprint density at radius 1 is 1.04 bits per heavy atom. The van der Waals surface area contributed by atoms with Crippen molar-refractivity contribution in [1.29, 1.82) is 0 Å². The third-order valence-electron chi connectivity index (χ3n) is 5.74. The third-order valence-corrected chi connectivity index (χ3v) is 5.74. The molecule has 0 amide bonds. The molecule has 2 fully saturated rings. The number of hydrogen-bond donors (Lipinski definition) is 1. The van der Waals surface area contributed by atoms with E-state index in [4.69, 9.17) is 4.74 Å². The zero-order chi connectivity index (χ0) is 18.6. The number of morpholine rings is 1. The van der Waals surface area contributed by atoms with Crippen molar-refractivity contribution in [1.82, 2.24) is 24.6 Å². The molecule has 27 heavy (non-hydrogen) atoms. The van der Waals surface area contributed by atoms with Gasteiger partial charge in [-0.3, -0.25) is 9.80 Å². The van der Waals surface area contributed by atoms with E-state index in [-0.39, 0.29) is 0 Å². The molecule has 0 aliphatic carbocycles. The molecule has 1 aromatic heterocycles. The highest BCUT2D eigenvalue weighted by Crippen LogP contribution is 2.28. The van der Waals surface area contributed by atoms with Crippen LogP contribution in [0.4, 0.5) is 0 Å². The van der Waals surface area contributed by atoms with Gasteiger partial charge < -0.3 is 14.4 Å². The molecule has 1 aromatic carbocycles. The summed E-state index contributed by atoms with van der Waals surface area (Å²) in [4.78, 5) is 4.84. The molecule has 2 aliphatic rings. The fourth-order valence-electron chi connectivity index (χ4n) is 4.09. The predicted molar refractivity (Wildman–Crippen MR) is 102 cm³/mol. The maximum absolute atomic E-state index is 9.64. The van der Waals surface area contributed by atoms with Crippen LogP contribution in [0.2, 0.25) is 0 Å². The molecule has 7 nitrogen and oxygen atoms in total. The van der Waals surface area contributed by atoms with Crippen molar-refractivity contribution in [2.24, 2.45) is 7.05 Å². The molecule has 3 heterocycles. The van der Waals surface area contributed by atoms with E-state index in [1.807, 2.05) is 12.1 Å². The highest BCUT2D eigenvalue weighted by molar-refractivity contribution is 5.27. The molecule has 7 heteroatoms. The van der Waals surface area contributed by atoms with Crippen LogP contribution in [-0.4, -0.2) is 69.1 Å². The Labute approximate surface area is 160 Å². The molecule has 0 radical (unpaired) electrons. The molecule has 2 aromatic rings. The second-order valence-electron chi connectivity index (χ2n) is 7.64. The number of rotatable bonds is 5. The summed E-state index contributed by atoms with van der Waals surface area (Å²) < 4.78 is 7.62. The number of phenolic OH excluding ortho intramolecular Hbond substituents is 1. The number of ether oxygens (including phenoxy) is 1. The number of nitrogens with zero attached hydrogens (tertiary/aromatic N) is 5. The van der Waals surface area contributed by atoms with E-state index in [2.05, 4.69) is 37.7 Å². The fourth-order valence-corrected chi connectivity index (χ4v) is 4.09. The summed E-state index contributed by atoms with van der Waals surface area (Å²) in [5, 5.41) is 18.6. The summed E-state index contributed by atoms with van der Waals surface area (Å²) in [5.41, 5.74) is 1.17. The topological polar surface area (TPSA) is 66.7 Å². The lowest BCUT2D eigenvalue weighted by Crippen LogP contribution is -2.36. The molecular weight excluding hydrogens is 342 g/mol. The summed E-state index contributed by atoms with van der Waals surface area (Å²) in [6.45, 7) is 7.39. The molecule has 146 valence electrons.